The first-order chi connectivity index (χ1) is 11.8. The van der Waals surface area contributed by atoms with Crippen LogP contribution in [0.3, 0.4) is 0 Å². The van der Waals surface area contributed by atoms with Crippen LogP contribution in [0.15, 0.2) is 47.5 Å². The van der Waals surface area contributed by atoms with Crippen LogP contribution in [-0.2, 0) is 13.0 Å². The third kappa shape index (κ3) is 5.65. The zero-order valence-electron chi connectivity index (χ0n) is 14.5. The van der Waals surface area contributed by atoms with E-state index in [1.165, 1.54) is 9.75 Å². The molecule has 130 valence electrons. The van der Waals surface area contributed by atoms with E-state index >= 15 is 0 Å². The number of hydrogen-bond acceptors (Lipinski definition) is 3. The third-order valence-electron chi connectivity index (χ3n) is 3.81. The van der Waals surface area contributed by atoms with Crippen LogP contribution in [0.4, 0.5) is 0 Å². The zero-order chi connectivity index (χ0) is 17.2. The Balaban J connectivity index is 1.95. The Labute approximate surface area is 148 Å². The van der Waals surface area contributed by atoms with E-state index < -0.39 is 0 Å². The van der Waals surface area contributed by atoms with Gasteiger partial charge in [-0.3, -0.25) is 0 Å². The minimum atomic E-state index is 0.0588. The van der Waals surface area contributed by atoms with Gasteiger partial charge in [0.2, 0.25) is 0 Å². The van der Waals surface area contributed by atoms with Crippen molar-refractivity contribution in [1.82, 2.24) is 10.6 Å². The molecule has 4 nitrogen and oxygen atoms in total. The van der Waals surface area contributed by atoms with E-state index in [0.29, 0.717) is 13.1 Å². The summed E-state index contributed by atoms with van der Waals surface area (Å²) < 4.78 is 0. The number of hydrogen-bond donors (Lipinski definition) is 3. The summed E-state index contributed by atoms with van der Waals surface area (Å²) in [6.45, 7) is 6.47. The van der Waals surface area contributed by atoms with E-state index in [9.17, 15) is 5.11 Å². The van der Waals surface area contributed by atoms with E-state index in [0.717, 1.165) is 24.5 Å². The smallest absolute Gasteiger partial charge is 0.191 e. The molecule has 0 amide bonds. The number of aliphatic imine (C=N–C) groups is 1. The second kappa shape index (κ2) is 10.1. The summed E-state index contributed by atoms with van der Waals surface area (Å²) in [6.07, 6.45) is 1.07. The van der Waals surface area contributed by atoms with Crippen LogP contribution in [0, 0.1) is 0 Å². The molecule has 1 aromatic carbocycles. The number of thiophene rings is 1. The Morgan fingerprint density at radius 3 is 2.46 bits per heavy atom. The molecular formula is C19H27N3OS. The van der Waals surface area contributed by atoms with Crippen molar-refractivity contribution >= 4 is 17.3 Å². The van der Waals surface area contributed by atoms with Gasteiger partial charge in [-0.1, -0.05) is 37.3 Å². The maximum atomic E-state index is 9.66. The summed E-state index contributed by atoms with van der Waals surface area (Å²) in [7, 11) is 0. The van der Waals surface area contributed by atoms with Gasteiger partial charge in [-0.05, 0) is 31.0 Å². The van der Waals surface area contributed by atoms with Crippen molar-refractivity contribution in [2.24, 2.45) is 4.99 Å². The average molecular weight is 346 g/mol. The largest absolute Gasteiger partial charge is 0.396 e. The van der Waals surface area contributed by atoms with Crippen molar-refractivity contribution in [3.05, 3.63) is 57.8 Å². The predicted octanol–water partition coefficient (Wildman–Crippen LogP) is 3.14. The monoisotopic (exact) mass is 345 g/mol. The van der Waals surface area contributed by atoms with E-state index in [1.54, 1.807) is 0 Å². The van der Waals surface area contributed by atoms with E-state index in [1.807, 2.05) is 41.7 Å². The van der Waals surface area contributed by atoms with Crippen LogP contribution >= 0.6 is 11.3 Å². The van der Waals surface area contributed by atoms with Crippen molar-refractivity contribution in [3.8, 4) is 0 Å². The summed E-state index contributed by atoms with van der Waals surface area (Å²) >= 11 is 1.82. The molecule has 0 spiro atoms. The second-order valence-corrected chi connectivity index (χ2v) is 6.84. The second-order valence-electron chi connectivity index (χ2n) is 5.59. The highest BCUT2D eigenvalue weighted by atomic mass is 32.1. The Morgan fingerprint density at radius 2 is 1.83 bits per heavy atom. The first kappa shape index (κ1) is 18.5. The minimum absolute atomic E-state index is 0.0588. The van der Waals surface area contributed by atoms with Crippen molar-refractivity contribution in [2.45, 2.75) is 32.7 Å². The van der Waals surface area contributed by atoms with Crippen molar-refractivity contribution in [1.29, 1.82) is 0 Å². The van der Waals surface area contributed by atoms with Crippen LogP contribution in [0.2, 0.25) is 0 Å². The first-order valence-corrected chi connectivity index (χ1v) is 9.34. The molecule has 5 heteroatoms. The lowest BCUT2D eigenvalue weighted by Crippen LogP contribution is -2.39. The highest BCUT2D eigenvalue weighted by molar-refractivity contribution is 7.11. The zero-order valence-corrected chi connectivity index (χ0v) is 15.3. The molecule has 0 bridgehead atoms. The number of aliphatic hydroxyl groups excluding tert-OH is 1. The Bertz CT molecular complexity index is 625. The number of aliphatic hydroxyl groups is 1. The Hall–Kier alpha value is -1.85. The molecule has 1 atom stereocenters. The minimum Gasteiger partial charge on any atom is -0.396 e. The van der Waals surface area contributed by atoms with Gasteiger partial charge in [0.05, 0.1) is 13.2 Å². The lowest BCUT2D eigenvalue weighted by molar-refractivity contribution is 0.265. The SMILES string of the molecule is CCNC(=NCc1ccc(CC)s1)NCC(CO)c1ccccc1. The van der Waals surface area contributed by atoms with Gasteiger partial charge in [-0.2, -0.15) is 0 Å². The first-order valence-electron chi connectivity index (χ1n) is 8.52. The Kier molecular flexibility index (Phi) is 7.79. The van der Waals surface area contributed by atoms with Gasteiger partial charge >= 0.3 is 0 Å². The van der Waals surface area contributed by atoms with Gasteiger partial charge in [-0.25, -0.2) is 4.99 Å². The average Bonchev–Trinajstić information content (AvgIpc) is 3.09. The third-order valence-corrected chi connectivity index (χ3v) is 5.02. The molecule has 2 rings (SSSR count). The van der Waals surface area contributed by atoms with E-state index in [4.69, 9.17) is 0 Å². The number of benzene rings is 1. The molecule has 0 aliphatic carbocycles. The van der Waals surface area contributed by atoms with Crippen LogP contribution < -0.4 is 10.6 Å². The number of nitrogens with one attached hydrogen (secondary N) is 2. The van der Waals surface area contributed by atoms with Crippen LogP contribution in [-0.4, -0.2) is 30.8 Å². The van der Waals surface area contributed by atoms with Crippen molar-refractivity contribution in [3.63, 3.8) is 0 Å². The summed E-state index contributed by atoms with van der Waals surface area (Å²) in [6, 6.07) is 14.4. The molecule has 0 aliphatic rings. The summed E-state index contributed by atoms with van der Waals surface area (Å²) in [5.41, 5.74) is 1.13. The lowest BCUT2D eigenvalue weighted by atomic mass is 10.0. The molecule has 0 fully saturated rings. The fourth-order valence-electron chi connectivity index (χ4n) is 2.43. The van der Waals surface area contributed by atoms with Crippen molar-refractivity contribution in [2.75, 3.05) is 19.7 Å². The summed E-state index contributed by atoms with van der Waals surface area (Å²) in [5.74, 6) is 0.849. The standard InChI is InChI=1S/C19H27N3OS/c1-3-17-10-11-18(24-17)13-22-19(20-4-2)21-12-16(14-23)15-8-6-5-7-9-15/h5-11,16,23H,3-4,12-14H2,1-2H3,(H2,20,21,22). The van der Waals surface area contributed by atoms with Gasteiger partial charge in [0.15, 0.2) is 5.96 Å². The maximum absolute atomic E-state index is 9.66. The fourth-order valence-corrected chi connectivity index (χ4v) is 3.31. The van der Waals surface area contributed by atoms with Gasteiger partial charge in [0.25, 0.3) is 0 Å². The van der Waals surface area contributed by atoms with Gasteiger partial charge in [0.1, 0.15) is 0 Å². The van der Waals surface area contributed by atoms with Crippen molar-refractivity contribution < 1.29 is 5.11 Å². The number of rotatable bonds is 8. The van der Waals surface area contributed by atoms with Gasteiger partial charge in [0, 0.05) is 28.8 Å². The van der Waals surface area contributed by atoms with E-state index in [2.05, 4.69) is 41.6 Å². The molecule has 0 aliphatic heterocycles. The number of guanidine groups is 1. The van der Waals surface area contributed by atoms with E-state index in [-0.39, 0.29) is 12.5 Å². The van der Waals surface area contributed by atoms with Crippen LogP contribution in [0.5, 0.6) is 0 Å². The maximum Gasteiger partial charge on any atom is 0.191 e. The molecular weight excluding hydrogens is 318 g/mol. The Morgan fingerprint density at radius 1 is 1.08 bits per heavy atom. The van der Waals surface area contributed by atoms with Crippen LogP contribution in [0.25, 0.3) is 0 Å². The summed E-state index contributed by atoms with van der Waals surface area (Å²) in [5, 5.41) is 16.3. The van der Waals surface area contributed by atoms with Crippen LogP contribution in [0.1, 0.15) is 35.1 Å². The highest BCUT2D eigenvalue weighted by Gasteiger charge is 2.10. The summed E-state index contributed by atoms with van der Waals surface area (Å²) in [4.78, 5) is 7.32. The van der Waals surface area contributed by atoms with Gasteiger partial charge in [-0.15, -0.1) is 11.3 Å². The van der Waals surface area contributed by atoms with Gasteiger partial charge < -0.3 is 15.7 Å². The topological polar surface area (TPSA) is 56.7 Å². The molecule has 3 N–H and O–H groups in total. The lowest BCUT2D eigenvalue weighted by Gasteiger charge is -2.18. The molecule has 1 heterocycles. The normalized spacial score (nSPS) is 12.9. The highest BCUT2D eigenvalue weighted by Crippen LogP contribution is 2.17. The molecule has 0 saturated carbocycles. The molecule has 0 saturated heterocycles. The molecule has 24 heavy (non-hydrogen) atoms. The molecule has 2 aromatic rings. The molecule has 1 aromatic heterocycles. The molecule has 0 radical (unpaired) electrons. The quantitative estimate of drug-likeness (QED) is 0.509. The predicted molar refractivity (Wildman–Crippen MR) is 103 cm³/mol. The fraction of sp³-hybridized carbons (Fsp3) is 0.421. The number of aryl methyl sites for hydroxylation is 1. The number of nitrogens with zero attached hydrogens (tertiary/aromatic N) is 1. The molecule has 1 unspecified atom stereocenters.